The standard InChI is InChI=1S/C10H18N2O/c13-10-3-6-12(7-4-10)9-2-1-5-11-8-9/h9,11H,1-8H2/t9-/m0/s1. The molecule has 1 N–H and O–H groups in total. The second-order valence-corrected chi connectivity index (χ2v) is 4.07. The van der Waals surface area contributed by atoms with Crippen LogP contribution in [0.1, 0.15) is 25.7 Å². The van der Waals surface area contributed by atoms with Crippen LogP contribution in [-0.2, 0) is 4.79 Å². The topological polar surface area (TPSA) is 32.3 Å². The molecule has 2 aliphatic heterocycles. The molecule has 0 aromatic rings. The highest BCUT2D eigenvalue weighted by Crippen LogP contribution is 2.15. The maximum atomic E-state index is 11.0. The van der Waals surface area contributed by atoms with E-state index in [1.54, 1.807) is 0 Å². The number of rotatable bonds is 1. The molecule has 0 aromatic heterocycles. The number of nitrogens with zero attached hydrogens (tertiary/aromatic N) is 1. The van der Waals surface area contributed by atoms with Gasteiger partial charge in [0, 0.05) is 38.5 Å². The fourth-order valence-electron chi connectivity index (χ4n) is 2.28. The van der Waals surface area contributed by atoms with Gasteiger partial charge in [-0.2, -0.15) is 0 Å². The number of nitrogens with one attached hydrogen (secondary N) is 1. The zero-order valence-corrected chi connectivity index (χ0v) is 8.09. The molecule has 0 aromatic carbocycles. The molecule has 0 radical (unpaired) electrons. The van der Waals surface area contributed by atoms with Gasteiger partial charge in [-0.25, -0.2) is 0 Å². The van der Waals surface area contributed by atoms with Crippen LogP contribution >= 0.6 is 0 Å². The number of hydrogen-bond acceptors (Lipinski definition) is 3. The van der Waals surface area contributed by atoms with E-state index in [1.165, 1.54) is 19.4 Å². The van der Waals surface area contributed by atoms with Crippen LogP contribution in [0.15, 0.2) is 0 Å². The third-order valence-electron chi connectivity index (χ3n) is 3.14. The molecule has 74 valence electrons. The van der Waals surface area contributed by atoms with Crippen LogP contribution < -0.4 is 5.32 Å². The lowest BCUT2D eigenvalue weighted by atomic mass is 10.0. The van der Waals surface area contributed by atoms with E-state index in [9.17, 15) is 4.79 Å². The second kappa shape index (κ2) is 4.20. The van der Waals surface area contributed by atoms with Crippen molar-refractivity contribution >= 4 is 5.78 Å². The number of ketones is 1. The van der Waals surface area contributed by atoms with Gasteiger partial charge in [-0.05, 0) is 19.4 Å². The first-order chi connectivity index (χ1) is 6.36. The largest absolute Gasteiger partial charge is 0.315 e. The van der Waals surface area contributed by atoms with Crippen LogP contribution in [-0.4, -0.2) is 42.9 Å². The SMILES string of the molecule is O=C1CCN([C@H]2CCCNC2)CC1. The van der Waals surface area contributed by atoms with Crippen molar-refractivity contribution < 1.29 is 4.79 Å². The Labute approximate surface area is 79.5 Å². The predicted octanol–water partition coefficient (Wildman–Crippen LogP) is 0.403. The van der Waals surface area contributed by atoms with Crippen molar-refractivity contribution in [2.45, 2.75) is 31.7 Å². The van der Waals surface area contributed by atoms with Gasteiger partial charge in [0.2, 0.25) is 0 Å². The molecule has 2 saturated heterocycles. The first kappa shape index (κ1) is 9.16. The molecule has 2 heterocycles. The zero-order valence-electron chi connectivity index (χ0n) is 8.09. The minimum Gasteiger partial charge on any atom is -0.315 e. The molecule has 2 rings (SSSR count). The Balaban J connectivity index is 1.82. The van der Waals surface area contributed by atoms with Crippen molar-refractivity contribution in [3.05, 3.63) is 0 Å². The summed E-state index contributed by atoms with van der Waals surface area (Å²) in [5.41, 5.74) is 0. The summed E-state index contributed by atoms with van der Waals surface area (Å²) in [6, 6.07) is 0.696. The summed E-state index contributed by atoms with van der Waals surface area (Å²) < 4.78 is 0. The Kier molecular flexibility index (Phi) is 2.96. The summed E-state index contributed by atoms with van der Waals surface area (Å²) in [6.07, 6.45) is 4.14. The molecule has 13 heavy (non-hydrogen) atoms. The molecule has 3 heteroatoms. The lowest BCUT2D eigenvalue weighted by molar-refractivity contribution is -0.122. The van der Waals surface area contributed by atoms with Crippen LogP contribution in [0.2, 0.25) is 0 Å². The van der Waals surface area contributed by atoms with Crippen LogP contribution in [0.3, 0.4) is 0 Å². The number of hydrogen-bond donors (Lipinski definition) is 1. The Morgan fingerprint density at radius 2 is 2.08 bits per heavy atom. The number of carbonyl (C=O) groups excluding carboxylic acids is 1. The molecule has 2 aliphatic rings. The van der Waals surface area contributed by atoms with Crippen molar-refractivity contribution in [3.8, 4) is 0 Å². The minimum atomic E-state index is 0.444. The van der Waals surface area contributed by atoms with Crippen LogP contribution in [0.25, 0.3) is 0 Å². The number of piperidine rings is 2. The third kappa shape index (κ3) is 2.29. The average molecular weight is 182 g/mol. The quantitative estimate of drug-likeness (QED) is 0.637. The molecule has 0 aliphatic carbocycles. The molecule has 0 amide bonds. The normalized spacial score (nSPS) is 32.0. The van der Waals surface area contributed by atoms with Gasteiger partial charge < -0.3 is 5.32 Å². The van der Waals surface area contributed by atoms with E-state index in [0.29, 0.717) is 11.8 Å². The van der Waals surface area contributed by atoms with E-state index >= 15 is 0 Å². The van der Waals surface area contributed by atoms with E-state index in [-0.39, 0.29) is 0 Å². The van der Waals surface area contributed by atoms with Gasteiger partial charge >= 0.3 is 0 Å². The van der Waals surface area contributed by atoms with Gasteiger partial charge in [0.05, 0.1) is 0 Å². The highest BCUT2D eigenvalue weighted by atomic mass is 16.1. The summed E-state index contributed by atoms with van der Waals surface area (Å²) in [4.78, 5) is 13.5. The maximum Gasteiger partial charge on any atom is 0.135 e. The number of likely N-dealkylation sites (tertiary alicyclic amines) is 1. The van der Waals surface area contributed by atoms with Gasteiger partial charge in [0.1, 0.15) is 5.78 Å². The first-order valence-electron chi connectivity index (χ1n) is 5.33. The van der Waals surface area contributed by atoms with E-state index < -0.39 is 0 Å². The van der Waals surface area contributed by atoms with Crippen molar-refractivity contribution in [1.82, 2.24) is 10.2 Å². The van der Waals surface area contributed by atoms with Gasteiger partial charge in [-0.1, -0.05) is 0 Å². The van der Waals surface area contributed by atoms with Crippen LogP contribution in [0.4, 0.5) is 0 Å². The van der Waals surface area contributed by atoms with Gasteiger partial charge in [0.25, 0.3) is 0 Å². The highest BCUT2D eigenvalue weighted by molar-refractivity contribution is 5.79. The van der Waals surface area contributed by atoms with Crippen molar-refractivity contribution in [1.29, 1.82) is 0 Å². The number of Topliss-reactive ketones (excluding diaryl/α,β-unsaturated/α-hetero) is 1. The van der Waals surface area contributed by atoms with E-state index in [2.05, 4.69) is 10.2 Å². The summed E-state index contributed by atoms with van der Waals surface area (Å²) in [6.45, 7) is 4.27. The molecule has 0 unspecified atom stereocenters. The molecule has 2 fully saturated rings. The highest BCUT2D eigenvalue weighted by Gasteiger charge is 2.24. The third-order valence-corrected chi connectivity index (χ3v) is 3.14. The molecule has 1 atom stereocenters. The summed E-state index contributed by atoms with van der Waals surface area (Å²) in [7, 11) is 0. The number of carbonyl (C=O) groups is 1. The average Bonchev–Trinajstić information content (AvgIpc) is 2.20. The molecule has 0 saturated carbocycles. The van der Waals surface area contributed by atoms with Crippen molar-refractivity contribution in [3.63, 3.8) is 0 Å². The Morgan fingerprint density at radius 3 is 2.69 bits per heavy atom. The van der Waals surface area contributed by atoms with Gasteiger partial charge in [-0.15, -0.1) is 0 Å². The second-order valence-electron chi connectivity index (χ2n) is 4.07. The van der Waals surface area contributed by atoms with Gasteiger partial charge in [0.15, 0.2) is 0 Å². The van der Waals surface area contributed by atoms with Crippen molar-refractivity contribution in [2.75, 3.05) is 26.2 Å². The summed E-state index contributed by atoms with van der Waals surface area (Å²) in [5, 5.41) is 3.42. The molecule has 0 spiro atoms. The molecular formula is C10H18N2O. The maximum absolute atomic E-state index is 11.0. The summed E-state index contributed by atoms with van der Waals surface area (Å²) in [5.74, 6) is 0.444. The van der Waals surface area contributed by atoms with Crippen LogP contribution in [0, 0.1) is 0 Å². The Morgan fingerprint density at radius 1 is 1.31 bits per heavy atom. The zero-order chi connectivity index (χ0) is 9.10. The lowest BCUT2D eigenvalue weighted by Gasteiger charge is -2.36. The van der Waals surface area contributed by atoms with E-state index in [1.807, 2.05) is 0 Å². The van der Waals surface area contributed by atoms with Gasteiger partial charge in [-0.3, -0.25) is 9.69 Å². The van der Waals surface area contributed by atoms with Crippen LogP contribution in [0.5, 0.6) is 0 Å². The fraction of sp³-hybridized carbons (Fsp3) is 0.900. The minimum absolute atomic E-state index is 0.444. The smallest absolute Gasteiger partial charge is 0.135 e. The van der Waals surface area contributed by atoms with Crippen molar-refractivity contribution in [2.24, 2.45) is 0 Å². The molecular weight excluding hydrogens is 164 g/mol. The molecule has 3 nitrogen and oxygen atoms in total. The lowest BCUT2D eigenvalue weighted by Crippen LogP contribution is -2.49. The fourth-order valence-corrected chi connectivity index (χ4v) is 2.28. The first-order valence-corrected chi connectivity index (χ1v) is 5.33. The monoisotopic (exact) mass is 182 g/mol. The van der Waals surface area contributed by atoms with E-state index in [4.69, 9.17) is 0 Å². The Hall–Kier alpha value is -0.410. The summed E-state index contributed by atoms with van der Waals surface area (Å²) >= 11 is 0. The Bertz CT molecular complexity index is 177. The van der Waals surface area contributed by atoms with E-state index in [0.717, 1.165) is 32.5 Å². The predicted molar refractivity (Wildman–Crippen MR) is 51.7 cm³/mol. The molecule has 0 bridgehead atoms.